The van der Waals surface area contributed by atoms with Crippen molar-refractivity contribution in [2.45, 2.75) is 25.8 Å². The van der Waals surface area contributed by atoms with E-state index in [1.165, 1.54) is 10.9 Å². The number of aromatic amines is 1. The molecule has 0 aliphatic carbocycles. The fraction of sp³-hybridized carbons (Fsp3) is 0.172. The predicted octanol–water partition coefficient (Wildman–Crippen LogP) is 6.36. The van der Waals surface area contributed by atoms with E-state index in [2.05, 4.69) is 53.5 Å². The molecule has 0 saturated carbocycles. The number of rotatable bonds is 7. The van der Waals surface area contributed by atoms with Gasteiger partial charge in [-0.15, -0.1) is 0 Å². The van der Waals surface area contributed by atoms with Gasteiger partial charge in [0.25, 0.3) is 0 Å². The number of pyridine rings is 1. The molecule has 0 aliphatic rings. The number of fused-ring (bicyclic) bond motifs is 2. The lowest BCUT2D eigenvalue weighted by atomic mass is 10.0. The van der Waals surface area contributed by atoms with Crippen molar-refractivity contribution < 1.29 is 4.79 Å². The van der Waals surface area contributed by atoms with Gasteiger partial charge in [0.15, 0.2) is 0 Å². The second-order valence-electron chi connectivity index (χ2n) is 8.50. The van der Waals surface area contributed by atoms with Gasteiger partial charge in [0.2, 0.25) is 5.91 Å². The Kier molecular flexibility index (Phi) is 5.90. The molecule has 0 saturated heterocycles. The summed E-state index contributed by atoms with van der Waals surface area (Å²) >= 11 is 0. The molecule has 0 atom stereocenters. The van der Waals surface area contributed by atoms with Crippen LogP contribution >= 0.6 is 0 Å². The van der Waals surface area contributed by atoms with Crippen molar-refractivity contribution in [3.05, 3.63) is 102 Å². The van der Waals surface area contributed by atoms with E-state index in [-0.39, 0.29) is 5.91 Å². The SMILES string of the molecule is CN(Cc1ccccc1)C(=O)CCCc1c(-c2ccc3ccccc3n2)[nH]c2ccccc12. The quantitative estimate of drug-likeness (QED) is 0.324. The number of nitrogens with one attached hydrogen (secondary N) is 1. The van der Waals surface area contributed by atoms with Crippen molar-refractivity contribution in [2.75, 3.05) is 7.05 Å². The van der Waals surface area contributed by atoms with Gasteiger partial charge in [0.05, 0.1) is 16.9 Å². The molecule has 33 heavy (non-hydrogen) atoms. The number of nitrogens with zero attached hydrogens (tertiary/aromatic N) is 2. The van der Waals surface area contributed by atoms with Crippen LogP contribution in [0.3, 0.4) is 0 Å². The summed E-state index contributed by atoms with van der Waals surface area (Å²) in [6.45, 7) is 0.638. The Morgan fingerprint density at radius 2 is 1.64 bits per heavy atom. The van der Waals surface area contributed by atoms with Crippen molar-refractivity contribution in [3.63, 3.8) is 0 Å². The van der Waals surface area contributed by atoms with Crippen LogP contribution in [-0.4, -0.2) is 27.8 Å². The number of para-hydroxylation sites is 2. The van der Waals surface area contributed by atoms with Crippen molar-refractivity contribution in [2.24, 2.45) is 0 Å². The van der Waals surface area contributed by atoms with E-state index in [0.717, 1.165) is 46.2 Å². The minimum absolute atomic E-state index is 0.170. The van der Waals surface area contributed by atoms with Gasteiger partial charge in [-0.1, -0.05) is 72.8 Å². The first-order valence-electron chi connectivity index (χ1n) is 11.4. The summed E-state index contributed by atoms with van der Waals surface area (Å²) < 4.78 is 0. The average Bonchev–Trinajstić information content (AvgIpc) is 3.23. The van der Waals surface area contributed by atoms with Crippen LogP contribution in [0.15, 0.2) is 91.0 Å². The van der Waals surface area contributed by atoms with Gasteiger partial charge in [0, 0.05) is 36.3 Å². The largest absolute Gasteiger partial charge is 0.353 e. The predicted molar refractivity (Wildman–Crippen MR) is 135 cm³/mol. The summed E-state index contributed by atoms with van der Waals surface area (Å²) in [6, 6.07) is 30.8. The first-order chi connectivity index (χ1) is 16.2. The fourth-order valence-electron chi connectivity index (χ4n) is 4.44. The Labute approximate surface area is 193 Å². The van der Waals surface area contributed by atoms with E-state index >= 15 is 0 Å². The maximum Gasteiger partial charge on any atom is 0.222 e. The monoisotopic (exact) mass is 433 g/mol. The Morgan fingerprint density at radius 1 is 0.879 bits per heavy atom. The number of benzene rings is 3. The highest BCUT2D eigenvalue weighted by Crippen LogP contribution is 2.31. The summed E-state index contributed by atoms with van der Waals surface area (Å²) in [7, 11) is 1.88. The molecule has 5 rings (SSSR count). The zero-order valence-electron chi connectivity index (χ0n) is 18.8. The van der Waals surface area contributed by atoms with Crippen LogP contribution < -0.4 is 0 Å². The van der Waals surface area contributed by atoms with Gasteiger partial charge in [-0.05, 0) is 42.2 Å². The summed E-state index contributed by atoms with van der Waals surface area (Å²) in [4.78, 5) is 23.1. The molecule has 4 heteroatoms. The zero-order chi connectivity index (χ0) is 22.6. The molecule has 164 valence electrons. The lowest BCUT2D eigenvalue weighted by Gasteiger charge is -2.17. The third-order valence-electron chi connectivity index (χ3n) is 6.17. The zero-order valence-corrected chi connectivity index (χ0v) is 18.8. The van der Waals surface area contributed by atoms with Crippen molar-refractivity contribution in [3.8, 4) is 11.4 Å². The molecular weight excluding hydrogens is 406 g/mol. The second-order valence-corrected chi connectivity index (χ2v) is 8.50. The van der Waals surface area contributed by atoms with Crippen LogP contribution in [0.4, 0.5) is 0 Å². The molecule has 1 amide bonds. The molecule has 0 bridgehead atoms. The molecule has 0 radical (unpaired) electrons. The number of carbonyl (C=O) groups excluding carboxylic acids is 1. The van der Waals surface area contributed by atoms with E-state index < -0.39 is 0 Å². The van der Waals surface area contributed by atoms with E-state index in [4.69, 9.17) is 4.98 Å². The van der Waals surface area contributed by atoms with Crippen LogP contribution in [0.1, 0.15) is 24.0 Å². The van der Waals surface area contributed by atoms with E-state index in [0.29, 0.717) is 13.0 Å². The number of carbonyl (C=O) groups is 1. The molecule has 0 aliphatic heterocycles. The summed E-state index contributed by atoms with van der Waals surface area (Å²) in [5.41, 5.74) is 6.45. The van der Waals surface area contributed by atoms with Crippen LogP contribution in [0.25, 0.3) is 33.2 Å². The third-order valence-corrected chi connectivity index (χ3v) is 6.17. The molecule has 0 unspecified atom stereocenters. The Bertz CT molecular complexity index is 1400. The topological polar surface area (TPSA) is 49.0 Å². The van der Waals surface area contributed by atoms with Crippen LogP contribution in [0.2, 0.25) is 0 Å². The van der Waals surface area contributed by atoms with Crippen LogP contribution in [-0.2, 0) is 17.8 Å². The molecular formula is C29H27N3O. The number of hydrogen-bond donors (Lipinski definition) is 1. The molecule has 2 aromatic heterocycles. The van der Waals surface area contributed by atoms with E-state index in [1.54, 1.807) is 0 Å². The third kappa shape index (κ3) is 4.51. The second kappa shape index (κ2) is 9.29. The van der Waals surface area contributed by atoms with Crippen molar-refractivity contribution in [1.29, 1.82) is 0 Å². The smallest absolute Gasteiger partial charge is 0.222 e. The fourth-order valence-corrected chi connectivity index (χ4v) is 4.44. The normalized spacial score (nSPS) is 11.2. The molecule has 1 N–H and O–H groups in total. The van der Waals surface area contributed by atoms with Gasteiger partial charge in [-0.2, -0.15) is 0 Å². The standard InChI is InChI=1S/C29H27N3O/c1-32(20-21-10-3-2-4-11-21)28(33)17-9-14-24-23-13-6-8-16-26(23)31-29(24)27-19-18-22-12-5-7-15-25(22)30-27/h2-8,10-13,15-16,18-19,31H,9,14,17,20H2,1H3. The van der Waals surface area contributed by atoms with E-state index in [9.17, 15) is 4.79 Å². The van der Waals surface area contributed by atoms with Gasteiger partial charge < -0.3 is 9.88 Å². The number of aromatic nitrogens is 2. The first kappa shape index (κ1) is 21.0. The summed E-state index contributed by atoms with van der Waals surface area (Å²) in [5.74, 6) is 0.170. The van der Waals surface area contributed by atoms with Crippen molar-refractivity contribution in [1.82, 2.24) is 14.9 Å². The first-order valence-corrected chi connectivity index (χ1v) is 11.4. The van der Waals surface area contributed by atoms with Gasteiger partial charge in [-0.3, -0.25) is 4.79 Å². The molecule has 0 fully saturated rings. The number of amides is 1. The number of H-pyrrole nitrogens is 1. The molecule has 0 spiro atoms. The Morgan fingerprint density at radius 3 is 2.52 bits per heavy atom. The maximum absolute atomic E-state index is 12.7. The molecule has 4 nitrogen and oxygen atoms in total. The van der Waals surface area contributed by atoms with Crippen molar-refractivity contribution >= 4 is 27.7 Å². The van der Waals surface area contributed by atoms with Gasteiger partial charge in [0.1, 0.15) is 0 Å². The van der Waals surface area contributed by atoms with Gasteiger partial charge in [-0.25, -0.2) is 4.98 Å². The highest BCUT2D eigenvalue weighted by molar-refractivity contribution is 5.91. The number of hydrogen-bond acceptors (Lipinski definition) is 2. The maximum atomic E-state index is 12.7. The lowest BCUT2D eigenvalue weighted by Crippen LogP contribution is -2.25. The minimum Gasteiger partial charge on any atom is -0.353 e. The van der Waals surface area contributed by atoms with Gasteiger partial charge >= 0.3 is 0 Å². The molecule has 3 aromatic carbocycles. The lowest BCUT2D eigenvalue weighted by molar-refractivity contribution is -0.130. The van der Waals surface area contributed by atoms with E-state index in [1.807, 2.05) is 54.4 Å². The molecule has 2 heterocycles. The Balaban J connectivity index is 1.36. The van der Waals surface area contributed by atoms with Crippen LogP contribution in [0, 0.1) is 0 Å². The summed E-state index contributed by atoms with van der Waals surface area (Å²) in [5, 5.41) is 2.33. The summed E-state index contributed by atoms with van der Waals surface area (Å²) in [6.07, 6.45) is 2.13. The highest BCUT2D eigenvalue weighted by atomic mass is 16.2. The Hall–Kier alpha value is -3.92. The molecule has 5 aromatic rings. The van der Waals surface area contributed by atoms with Crippen LogP contribution in [0.5, 0.6) is 0 Å². The average molecular weight is 434 g/mol. The number of aryl methyl sites for hydroxylation is 1. The highest BCUT2D eigenvalue weighted by Gasteiger charge is 2.16. The minimum atomic E-state index is 0.170.